The van der Waals surface area contributed by atoms with Crippen LogP contribution in [0.2, 0.25) is 0 Å². The quantitative estimate of drug-likeness (QED) is 0.211. The van der Waals surface area contributed by atoms with E-state index in [1.807, 2.05) is 39.8 Å². The van der Waals surface area contributed by atoms with E-state index in [0.29, 0.717) is 31.6 Å². The molecule has 0 saturated heterocycles. The van der Waals surface area contributed by atoms with Crippen LogP contribution in [0.3, 0.4) is 0 Å². The summed E-state index contributed by atoms with van der Waals surface area (Å²) < 4.78 is 0. The summed E-state index contributed by atoms with van der Waals surface area (Å²) in [6.45, 7) is 6.39. The number of carbonyl (C=O) groups is 3. The second-order valence-electron chi connectivity index (χ2n) is 7.46. The molecular formula is C19H37N5O3S. The molecule has 0 heterocycles. The van der Waals surface area contributed by atoms with E-state index in [1.165, 1.54) is 21.6 Å². The third-order valence-electron chi connectivity index (χ3n) is 4.07. The fourth-order valence-corrected chi connectivity index (χ4v) is 3.63. The third-order valence-corrected chi connectivity index (χ3v) is 5.32. The van der Waals surface area contributed by atoms with Gasteiger partial charge in [0, 0.05) is 46.9 Å². The highest BCUT2D eigenvalue weighted by Gasteiger charge is 2.34. The highest BCUT2D eigenvalue weighted by Crippen LogP contribution is 2.21. The number of likely N-dealkylation sites (N-methyl/N-ethyl adjacent to an activating group) is 2. The van der Waals surface area contributed by atoms with Crippen LogP contribution in [0.4, 0.5) is 0 Å². The lowest BCUT2D eigenvalue weighted by molar-refractivity contribution is -0.144. The molecule has 0 aliphatic rings. The van der Waals surface area contributed by atoms with Crippen molar-refractivity contribution in [2.24, 2.45) is 16.6 Å². The average molecular weight is 416 g/mol. The number of thioether (sulfide) groups is 1. The van der Waals surface area contributed by atoms with Gasteiger partial charge in [0.1, 0.15) is 6.04 Å². The lowest BCUT2D eigenvalue weighted by Crippen LogP contribution is -2.53. The molecule has 0 saturated carbocycles. The van der Waals surface area contributed by atoms with Gasteiger partial charge in [0.2, 0.25) is 11.8 Å². The smallest absolute Gasteiger partial charge is 0.256 e. The van der Waals surface area contributed by atoms with Crippen molar-refractivity contribution >= 4 is 35.8 Å². The minimum Gasteiger partial charge on any atom is -0.369 e. The maximum Gasteiger partial charge on any atom is 0.256 e. The number of amides is 3. The Bertz CT molecular complexity index is 540. The van der Waals surface area contributed by atoms with Gasteiger partial charge in [0.25, 0.3) is 5.91 Å². The summed E-state index contributed by atoms with van der Waals surface area (Å²) in [5.41, 5.74) is 5.53. The Hall–Kier alpha value is -1.77. The van der Waals surface area contributed by atoms with E-state index in [2.05, 4.69) is 4.99 Å². The van der Waals surface area contributed by atoms with Crippen molar-refractivity contribution in [2.75, 3.05) is 40.5 Å². The number of aliphatic imine (C=N–C) groups is 1. The van der Waals surface area contributed by atoms with Gasteiger partial charge in [-0.3, -0.25) is 19.4 Å². The largest absolute Gasteiger partial charge is 0.369 e. The Kier molecular flexibility index (Phi) is 12.6. The zero-order valence-electron chi connectivity index (χ0n) is 18.3. The summed E-state index contributed by atoms with van der Waals surface area (Å²) in [5.74, 6) is -0.148. The summed E-state index contributed by atoms with van der Waals surface area (Å²) in [5, 5.41) is -0.715. The molecule has 0 aliphatic carbocycles. The van der Waals surface area contributed by atoms with Crippen LogP contribution in [-0.2, 0) is 14.4 Å². The van der Waals surface area contributed by atoms with Gasteiger partial charge in [-0.1, -0.05) is 20.8 Å². The average Bonchev–Trinajstić information content (AvgIpc) is 2.60. The molecule has 3 amide bonds. The van der Waals surface area contributed by atoms with Gasteiger partial charge < -0.3 is 20.4 Å². The molecule has 0 aromatic carbocycles. The molecule has 28 heavy (non-hydrogen) atoms. The van der Waals surface area contributed by atoms with Gasteiger partial charge in [-0.25, -0.2) is 0 Å². The van der Waals surface area contributed by atoms with Crippen molar-refractivity contribution in [2.45, 2.75) is 51.4 Å². The molecule has 0 aromatic rings. The second kappa shape index (κ2) is 13.4. The van der Waals surface area contributed by atoms with Crippen molar-refractivity contribution in [3.05, 3.63) is 0 Å². The first-order valence-electron chi connectivity index (χ1n) is 9.62. The molecule has 2 atom stereocenters. The maximum absolute atomic E-state index is 13.1. The number of primary amides is 1. The first-order chi connectivity index (χ1) is 13.0. The molecule has 0 rings (SSSR count). The lowest BCUT2D eigenvalue weighted by atomic mass is 10.0. The Morgan fingerprint density at radius 2 is 1.71 bits per heavy atom. The molecule has 0 spiro atoms. The van der Waals surface area contributed by atoms with Crippen molar-refractivity contribution < 1.29 is 14.4 Å². The molecule has 0 fully saturated rings. The zero-order valence-corrected chi connectivity index (χ0v) is 19.2. The van der Waals surface area contributed by atoms with Gasteiger partial charge in [0.05, 0.1) is 6.34 Å². The van der Waals surface area contributed by atoms with Crippen LogP contribution in [-0.4, -0.2) is 90.7 Å². The van der Waals surface area contributed by atoms with E-state index < -0.39 is 17.3 Å². The van der Waals surface area contributed by atoms with Crippen molar-refractivity contribution in [1.82, 2.24) is 14.7 Å². The highest BCUT2D eigenvalue weighted by molar-refractivity contribution is 8.00. The number of hydrogen-bond donors (Lipinski definition) is 1. The predicted molar refractivity (Wildman–Crippen MR) is 116 cm³/mol. The topological polar surface area (TPSA) is 99.3 Å². The van der Waals surface area contributed by atoms with E-state index in [0.717, 1.165) is 0 Å². The number of rotatable bonds is 13. The molecule has 0 aromatic heterocycles. The molecule has 0 radical (unpaired) electrons. The van der Waals surface area contributed by atoms with Crippen LogP contribution >= 0.6 is 11.8 Å². The van der Waals surface area contributed by atoms with Gasteiger partial charge in [-0.2, -0.15) is 0 Å². The van der Waals surface area contributed by atoms with Crippen LogP contribution < -0.4 is 5.73 Å². The summed E-state index contributed by atoms with van der Waals surface area (Å²) in [6, 6.07) is -0.697. The predicted octanol–water partition coefficient (Wildman–Crippen LogP) is 1.25. The Balaban J connectivity index is 5.35. The van der Waals surface area contributed by atoms with Gasteiger partial charge >= 0.3 is 0 Å². The summed E-state index contributed by atoms with van der Waals surface area (Å²) >= 11 is 1.35. The molecule has 0 unspecified atom stereocenters. The molecular weight excluding hydrogens is 378 g/mol. The zero-order chi connectivity index (χ0) is 21.9. The number of nitrogens with two attached hydrogens (primary N) is 1. The van der Waals surface area contributed by atoms with E-state index in [9.17, 15) is 14.4 Å². The van der Waals surface area contributed by atoms with Crippen LogP contribution in [0.5, 0.6) is 0 Å². The number of nitrogens with zero attached hydrogens (tertiary/aromatic N) is 4. The van der Waals surface area contributed by atoms with Crippen LogP contribution in [0.25, 0.3) is 0 Å². The Labute approximate surface area is 173 Å². The van der Waals surface area contributed by atoms with Crippen molar-refractivity contribution in [3.8, 4) is 0 Å². The Morgan fingerprint density at radius 3 is 2.18 bits per heavy atom. The summed E-state index contributed by atoms with van der Waals surface area (Å²) in [6.07, 6.45) is 3.26. The fraction of sp³-hybridized carbons (Fsp3) is 0.789. The van der Waals surface area contributed by atoms with Crippen LogP contribution in [0, 0.1) is 5.92 Å². The van der Waals surface area contributed by atoms with Gasteiger partial charge in [-0.05, 0) is 18.8 Å². The number of hydrogen-bond acceptors (Lipinski definition) is 5. The SMILES string of the molecule is CCCC(=O)N(C)[C@H](SCCN=CN(C)C)C(=O)N(C)[C@@H](CC(C)C)C(N)=O. The molecule has 2 N–H and O–H groups in total. The minimum absolute atomic E-state index is 0.0990. The second-order valence-corrected chi connectivity index (χ2v) is 8.65. The standard InChI is InChI=1S/C19H37N5O3S/c1-8-9-16(25)24(7)19(28-11-10-21-13-22(4)5)18(27)23(6)15(17(20)26)12-14(2)3/h13-15,19H,8-12H2,1-7H3,(H2,20,26)/t15-,19+/m0/s1. The van der Waals surface area contributed by atoms with E-state index in [1.54, 1.807) is 20.4 Å². The number of carbonyl (C=O) groups excluding carboxylic acids is 3. The van der Waals surface area contributed by atoms with Gasteiger partial charge in [0.15, 0.2) is 5.37 Å². The van der Waals surface area contributed by atoms with E-state index >= 15 is 0 Å². The first kappa shape index (κ1) is 26.2. The summed E-state index contributed by atoms with van der Waals surface area (Å²) in [4.78, 5) is 46.4. The minimum atomic E-state index is -0.715. The molecule has 0 bridgehead atoms. The monoisotopic (exact) mass is 415 g/mol. The maximum atomic E-state index is 13.1. The summed E-state index contributed by atoms with van der Waals surface area (Å²) in [7, 11) is 6.98. The fourth-order valence-electron chi connectivity index (χ4n) is 2.55. The van der Waals surface area contributed by atoms with Gasteiger partial charge in [-0.15, -0.1) is 11.8 Å². The van der Waals surface area contributed by atoms with Crippen LogP contribution in [0.1, 0.15) is 40.0 Å². The van der Waals surface area contributed by atoms with E-state index in [-0.39, 0.29) is 17.7 Å². The third kappa shape index (κ3) is 9.43. The first-order valence-corrected chi connectivity index (χ1v) is 10.7. The van der Waals surface area contributed by atoms with Crippen molar-refractivity contribution in [1.29, 1.82) is 0 Å². The molecule has 162 valence electrons. The van der Waals surface area contributed by atoms with Crippen LogP contribution in [0.15, 0.2) is 4.99 Å². The van der Waals surface area contributed by atoms with Crippen molar-refractivity contribution in [3.63, 3.8) is 0 Å². The molecule has 8 nitrogen and oxygen atoms in total. The Morgan fingerprint density at radius 1 is 1.11 bits per heavy atom. The molecule has 0 aliphatic heterocycles. The van der Waals surface area contributed by atoms with E-state index in [4.69, 9.17) is 5.73 Å². The highest BCUT2D eigenvalue weighted by atomic mass is 32.2. The lowest BCUT2D eigenvalue weighted by Gasteiger charge is -2.34. The molecule has 9 heteroatoms. The normalized spacial score (nSPS) is 13.4.